The van der Waals surface area contributed by atoms with Crippen LogP contribution in [-0.2, 0) is 6.18 Å². The van der Waals surface area contributed by atoms with E-state index in [1.807, 2.05) is 0 Å². The molecule has 8 heteroatoms. The molecule has 0 unspecified atom stereocenters. The van der Waals surface area contributed by atoms with Gasteiger partial charge in [0.25, 0.3) is 0 Å². The normalized spacial score (nSPS) is 17.8. The van der Waals surface area contributed by atoms with Gasteiger partial charge in [-0.2, -0.15) is 18.3 Å². The van der Waals surface area contributed by atoms with Crippen molar-refractivity contribution in [1.82, 2.24) is 20.5 Å². The molecule has 0 aromatic carbocycles. The number of hydrogen-bond donors (Lipinski definition) is 3. The highest BCUT2D eigenvalue weighted by Crippen LogP contribution is 2.38. The van der Waals surface area contributed by atoms with Crippen LogP contribution in [0.4, 0.5) is 19.0 Å². The summed E-state index contributed by atoms with van der Waals surface area (Å²) in [5.74, 6) is -0.0728. The topological polar surface area (TPSA) is 79.6 Å². The van der Waals surface area contributed by atoms with Gasteiger partial charge < -0.3 is 11.1 Å². The molecule has 20 heavy (non-hydrogen) atoms. The molecule has 5 nitrogen and oxygen atoms in total. The van der Waals surface area contributed by atoms with Crippen molar-refractivity contribution < 1.29 is 13.2 Å². The van der Waals surface area contributed by atoms with Crippen molar-refractivity contribution in [2.24, 2.45) is 0 Å². The molecule has 3 rings (SSSR count). The molecule has 0 amide bonds. The summed E-state index contributed by atoms with van der Waals surface area (Å²) in [6, 6.07) is 1.12. The Morgan fingerprint density at radius 1 is 1.25 bits per heavy atom. The zero-order valence-corrected chi connectivity index (χ0v) is 10.6. The summed E-state index contributed by atoms with van der Waals surface area (Å²) in [6.45, 7) is 1.57. The lowest BCUT2D eigenvalue weighted by atomic mass is 9.93. The smallest absolute Gasteiger partial charge is 0.383 e. The minimum Gasteiger partial charge on any atom is -0.383 e. The van der Waals surface area contributed by atoms with Crippen LogP contribution in [0.2, 0.25) is 0 Å². The van der Waals surface area contributed by atoms with Gasteiger partial charge in [0.15, 0.2) is 5.65 Å². The number of hydrogen-bond acceptors (Lipinski definition) is 4. The van der Waals surface area contributed by atoms with Crippen LogP contribution in [0.5, 0.6) is 0 Å². The second kappa shape index (κ2) is 4.62. The van der Waals surface area contributed by atoms with E-state index in [2.05, 4.69) is 20.5 Å². The number of anilines is 1. The third-order valence-electron chi connectivity index (χ3n) is 3.63. The van der Waals surface area contributed by atoms with Crippen LogP contribution >= 0.6 is 0 Å². The number of halogens is 3. The lowest BCUT2D eigenvalue weighted by Gasteiger charge is -2.22. The van der Waals surface area contributed by atoms with E-state index >= 15 is 0 Å². The van der Waals surface area contributed by atoms with Crippen LogP contribution in [0.15, 0.2) is 6.07 Å². The third-order valence-corrected chi connectivity index (χ3v) is 3.63. The van der Waals surface area contributed by atoms with Crippen molar-refractivity contribution in [2.75, 3.05) is 18.8 Å². The number of nitrogens with zero attached hydrogens (tertiary/aromatic N) is 2. The first-order valence-corrected chi connectivity index (χ1v) is 6.39. The Morgan fingerprint density at radius 2 is 1.95 bits per heavy atom. The van der Waals surface area contributed by atoms with E-state index in [1.165, 1.54) is 0 Å². The zero-order valence-electron chi connectivity index (χ0n) is 10.6. The fourth-order valence-electron chi connectivity index (χ4n) is 2.62. The molecule has 3 heterocycles. The molecule has 0 aliphatic carbocycles. The number of H-pyrrole nitrogens is 1. The zero-order chi connectivity index (χ0) is 14.3. The predicted molar refractivity (Wildman–Crippen MR) is 68.1 cm³/mol. The fraction of sp³-hybridized carbons (Fsp3) is 0.500. The first kappa shape index (κ1) is 13.2. The Bertz CT molecular complexity index is 628. The molecule has 0 bridgehead atoms. The molecule has 0 saturated carbocycles. The lowest BCUT2D eigenvalue weighted by molar-refractivity contribution is -0.136. The van der Waals surface area contributed by atoms with E-state index in [9.17, 15) is 13.2 Å². The maximum atomic E-state index is 13.2. The van der Waals surface area contributed by atoms with Gasteiger partial charge in [0.1, 0.15) is 5.82 Å². The van der Waals surface area contributed by atoms with Crippen molar-refractivity contribution in [2.45, 2.75) is 24.9 Å². The molecular formula is C12H14F3N5. The van der Waals surface area contributed by atoms with E-state index in [1.54, 1.807) is 0 Å². The van der Waals surface area contributed by atoms with Gasteiger partial charge in [-0.15, -0.1) is 0 Å². The maximum Gasteiger partial charge on any atom is 0.417 e. The van der Waals surface area contributed by atoms with E-state index in [0.29, 0.717) is 5.69 Å². The largest absolute Gasteiger partial charge is 0.417 e. The SMILES string of the molecule is Nc1[nH]nc2nc(C3CCNCC3)cc(C(F)(F)F)c12. The van der Waals surface area contributed by atoms with Gasteiger partial charge in [-0.1, -0.05) is 0 Å². The standard InChI is InChI=1S/C12H14F3N5/c13-12(14,15)7-5-8(6-1-3-17-4-2-6)18-11-9(7)10(16)19-20-11/h5-6,17H,1-4H2,(H3,16,18,19,20). The molecular weight excluding hydrogens is 271 g/mol. The van der Waals surface area contributed by atoms with E-state index < -0.39 is 11.7 Å². The molecule has 1 aliphatic rings. The highest BCUT2D eigenvalue weighted by atomic mass is 19.4. The van der Waals surface area contributed by atoms with Crippen molar-refractivity contribution >= 4 is 16.9 Å². The number of nitrogen functional groups attached to an aromatic ring is 1. The number of fused-ring (bicyclic) bond motifs is 1. The van der Waals surface area contributed by atoms with Crippen LogP contribution in [0, 0.1) is 0 Å². The van der Waals surface area contributed by atoms with Crippen molar-refractivity contribution in [3.05, 3.63) is 17.3 Å². The molecule has 0 radical (unpaired) electrons. The Kier molecular flexibility index (Phi) is 3.04. The van der Waals surface area contributed by atoms with Crippen LogP contribution in [0.3, 0.4) is 0 Å². The maximum absolute atomic E-state index is 13.2. The van der Waals surface area contributed by atoms with Gasteiger partial charge in [0, 0.05) is 11.6 Å². The van der Waals surface area contributed by atoms with Crippen LogP contribution in [0.25, 0.3) is 11.0 Å². The molecule has 1 saturated heterocycles. The number of nitrogens with one attached hydrogen (secondary N) is 2. The number of aromatic nitrogens is 3. The summed E-state index contributed by atoms with van der Waals surface area (Å²) in [6.07, 6.45) is -2.92. The van der Waals surface area contributed by atoms with Crippen molar-refractivity contribution in [3.63, 3.8) is 0 Å². The lowest BCUT2D eigenvalue weighted by Crippen LogP contribution is -2.27. The quantitative estimate of drug-likeness (QED) is 0.749. The fourth-order valence-corrected chi connectivity index (χ4v) is 2.62. The van der Waals surface area contributed by atoms with Crippen molar-refractivity contribution in [3.8, 4) is 0 Å². The van der Waals surface area contributed by atoms with Crippen LogP contribution < -0.4 is 11.1 Å². The van der Waals surface area contributed by atoms with Gasteiger partial charge in [-0.05, 0) is 32.0 Å². The van der Waals surface area contributed by atoms with Gasteiger partial charge in [0.2, 0.25) is 0 Å². The number of alkyl halides is 3. The summed E-state index contributed by atoms with van der Waals surface area (Å²) in [4.78, 5) is 4.24. The summed E-state index contributed by atoms with van der Waals surface area (Å²) in [7, 11) is 0. The molecule has 4 N–H and O–H groups in total. The minimum atomic E-state index is -4.47. The predicted octanol–water partition coefficient (Wildman–Crippen LogP) is 2.03. The molecule has 2 aromatic rings. The molecule has 0 atom stereocenters. The molecule has 0 spiro atoms. The first-order chi connectivity index (χ1) is 9.47. The third kappa shape index (κ3) is 2.20. The summed E-state index contributed by atoms with van der Waals surface area (Å²) >= 11 is 0. The second-order valence-corrected chi connectivity index (χ2v) is 4.95. The summed E-state index contributed by atoms with van der Waals surface area (Å²) < 4.78 is 39.6. The van der Waals surface area contributed by atoms with Crippen LogP contribution in [-0.4, -0.2) is 28.3 Å². The van der Waals surface area contributed by atoms with Gasteiger partial charge in [-0.25, -0.2) is 4.98 Å². The first-order valence-electron chi connectivity index (χ1n) is 6.39. The minimum absolute atomic E-state index is 0.0275. The molecule has 108 valence electrons. The highest BCUT2D eigenvalue weighted by molar-refractivity contribution is 5.89. The second-order valence-electron chi connectivity index (χ2n) is 4.95. The monoisotopic (exact) mass is 285 g/mol. The number of pyridine rings is 1. The summed E-state index contributed by atoms with van der Waals surface area (Å²) in [5.41, 5.74) is 5.25. The number of aromatic amines is 1. The number of piperidine rings is 1. The molecule has 1 fully saturated rings. The molecule has 2 aromatic heterocycles. The highest BCUT2D eigenvalue weighted by Gasteiger charge is 2.36. The average molecular weight is 285 g/mol. The Morgan fingerprint density at radius 3 is 2.60 bits per heavy atom. The van der Waals surface area contributed by atoms with Crippen LogP contribution in [0.1, 0.15) is 30.0 Å². The average Bonchev–Trinajstić information content (AvgIpc) is 2.79. The van der Waals surface area contributed by atoms with Gasteiger partial charge in [0.05, 0.1) is 10.9 Å². The Balaban J connectivity index is 2.15. The Labute approximate surface area is 112 Å². The van der Waals surface area contributed by atoms with E-state index in [4.69, 9.17) is 5.73 Å². The Hall–Kier alpha value is -1.83. The van der Waals surface area contributed by atoms with Gasteiger partial charge in [-0.3, -0.25) is 5.10 Å². The number of rotatable bonds is 1. The van der Waals surface area contributed by atoms with E-state index in [0.717, 1.165) is 32.0 Å². The number of nitrogens with two attached hydrogens (primary N) is 1. The molecule has 1 aliphatic heterocycles. The van der Waals surface area contributed by atoms with Crippen molar-refractivity contribution in [1.29, 1.82) is 0 Å². The van der Waals surface area contributed by atoms with E-state index in [-0.39, 0.29) is 22.8 Å². The summed E-state index contributed by atoms with van der Waals surface area (Å²) in [5, 5.41) is 9.18. The van der Waals surface area contributed by atoms with Gasteiger partial charge >= 0.3 is 6.18 Å².